The third-order valence-corrected chi connectivity index (χ3v) is 8.36. The quantitative estimate of drug-likeness (QED) is 0.476. The SMILES string of the molecule is C=C1C[C@]23CC[C@@H]4C(C)(C)CCC[C@@]4(C)[C@@H]2CCC1C3. The number of fused-ring (bicyclic) bond motifs is 3. The van der Waals surface area contributed by atoms with E-state index in [1.807, 2.05) is 0 Å². The predicted molar refractivity (Wildman–Crippen MR) is 85.5 cm³/mol. The molecule has 1 unspecified atom stereocenters. The van der Waals surface area contributed by atoms with Crippen molar-refractivity contribution in [1.29, 1.82) is 0 Å². The smallest absolute Gasteiger partial charge is 0.0200 e. The highest BCUT2D eigenvalue weighted by molar-refractivity contribution is 5.22. The molecule has 0 saturated heterocycles. The molecule has 20 heavy (non-hydrogen) atoms. The Hall–Kier alpha value is -0.260. The van der Waals surface area contributed by atoms with Gasteiger partial charge in [-0.1, -0.05) is 39.3 Å². The summed E-state index contributed by atoms with van der Waals surface area (Å²) in [7, 11) is 0. The molecule has 112 valence electrons. The minimum absolute atomic E-state index is 0.584. The molecule has 4 aliphatic carbocycles. The summed E-state index contributed by atoms with van der Waals surface area (Å²) >= 11 is 0. The van der Waals surface area contributed by atoms with Crippen LogP contribution in [0.25, 0.3) is 0 Å². The maximum absolute atomic E-state index is 4.44. The van der Waals surface area contributed by atoms with Crippen LogP contribution in [0.2, 0.25) is 0 Å². The molecule has 2 bridgehead atoms. The standard InChI is InChI=1S/C20H32/c1-14-12-20-11-8-16-18(2,3)9-5-10-19(16,4)17(20)7-6-15(14)13-20/h15-17H,1,5-13H2,2-4H3/t15?,16-,17+,19-,20+/m1/s1. The zero-order valence-electron chi connectivity index (χ0n) is 13.8. The molecule has 0 aromatic carbocycles. The van der Waals surface area contributed by atoms with Gasteiger partial charge in [0.05, 0.1) is 0 Å². The summed E-state index contributed by atoms with van der Waals surface area (Å²) in [4.78, 5) is 0. The van der Waals surface area contributed by atoms with Crippen LogP contribution in [0, 0.1) is 34.0 Å². The van der Waals surface area contributed by atoms with E-state index >= 15 is 0 Å². The van der Waals surface area contributed by atoms with Gasteiger partial charge in [0.25, 0.3) is 0 Å². The third kappa shape index (κ3) is 1.54. The van der Waals surface area contributed by atoms with Crippen molar-refractivity contribution in [3.05, 3.63) is 12.2 Å². The van der Waals surface area contributed by atoms with Crippen molar-refractivity contribution < 1.29 is 0 Å². The van der Waals surface area contributed by atoms with E-state index in [4.69, 9.17) is 0 Å². The van der Waals surface area contributed by atoms with Crippen LogP contribution in [0.4, 0.5) is 0 Å². The topological polar surface area (TPSA) is 0 Å². The van der Waals surface area contributed by atoms with Gasteiger partial charge >= 0.3 is 0 Å². The molecule has 4 rings (SSSR count). The Labute approximate surface area is 125 Å². The molecule has 0 nitrogen and oxygen atoms in total. The Morgan fingerprint density at radius 3 is 2.55 bits per heavy atom. The van der Waals surface area contributed by atoms with Crippen molar-refractivity contribution in [2.75, 3.05) is 0 Å². The molecule has 1 spiro atoms. The molecule has 0 N–H and O–H groups in total. The minimum Gasteiger partial charge on any atom is -0.0996 e. The number of allylic oxidation sites excluding steroid dienone is 1. The molecule has 4 fully saturated rings. The molecule has 5 atom stereocenters. The van der Waals surface area contributed by atoms with Gasteiger partial charge in [-0.3, -0.25) is 0 Å². The second-order valence-electron chi connectivity index (χ2n) is 9.67. The van der Waals surface area contributed by atoms with E-state index in [9.17, 15) is 0 Å². The molecule has 0 radical (unpaired) electrons. The van der Waals surface area contributed by atoms with Gasteiger partial charge in [0, 0.05) is 0 Å². The molecule has 4 saturated carbocycles. The maximum Gasteiger partial charge on any atom is -0.0200 e. The average molecular weight is 272 g/mol. The van der Waals surface area contributed by atoms with E-state index in [-0.39, 0.29) is 0 Å². The van der Waals surface area contributed by atoms with Crippen LogP contribution < -0.4 is 0 Å². The lowest BCUT2D eigenvalue weighted by atomic mass is 9.41. The summed E-state index contributed by atoms with van der Waals surface area (Å²) in [6.45, 7) is 12.2. The Morgan fingerprint density at radius 1 is 0.950 bits per heavy atom. The molecule has 4 aliphatic rings. The zero-order valence-corrected chi connectivity index (χ0v) is 13.8. The molecule has 0 aliphatic heterocycles. The van der Waals surface area contributed by atoms with E-state index in [0.29, 0.717) is 16.2 Å². The van der Waals surface area contributed by atoms with E-state index in [2.05, 4.69) is 27.4 Å². The van der Waals surface area contributed by atoms with Gasteiger partial charge in [0.1, 0.15) is 0 Å². The van der Waals surface area contributed by atoms with E-state index in [0.717, 1.165) is 17.8 Å². The lowest BCUT2D eigenvalue weighted by Crippen LogP contribution is -2.55. The summed E-state index contributed by atoms with van der Waals surface area (Å²) in [5.74, 6) is 2.87. The number of hydrogen-bond donors (Lipinski definition) is 0. The first-order valence-electron chi connectivity index (χ1n) is 9.05. The van der Waals surface area contributed by atoms with Gasteiger partial charge in [0.15, 0.2) is 0 Å². The lowest BCUT2D eigenvalue weighted by Gasteiger charge is -2.64. The Balaban J connectivity index is 1.74. The summed E-state index contributed by atoms with van der Waals surface area (Å²) in [6.07, 6.45) is 13.3. The highest BCUT2D eigenvalue weighted by Gasteiger charge is 2.62. The molecule has 0 aromatic heterocycles. The third-order valence-electron chi connectivity index (χ3n) is 8.36. The van der Waals surface area contributed by atoms with Gasteiger partial charge in [0.2, 0.25) is 0 Å². The summed E-state index contributed by atoms with van der Waals surface area (Å²) in [5, 5.41) is 0. The fraction of sp³-hybridized carbons (Fsp3) is 0.900. The molecular weight excluding hydrogens is 240 g/mol. The fourth-order valence-electron chi connectivity index (χ4n) is 7.68. The molecular formula is C20H32. The normalized spacial score (nSPS) is 53.4. The van der Waals surface area contributed by atoms with Crippen LogP contribution in [0.3, 0.4) is 0 Å². The highest BCUT2D eigenvalue weighted by atomic mass is 14.7. The van der Waals surface area contributed by atoms with E-state index in [1.54, 1.807) is 5.57 Å². The average Bonchev–Trinajstić information content (AvgIpc) is 2.58. The molecule has 0 amide bonds. The molecule has 0 heterocycles. The van der Waals surface area contributed by atoms with Crippen molar-refractivity contribution in [3.8, 4) is 0 Å². The van der Waals surface area contributed by atoms with Crippen LogP contribution in [-0.2, 0) is 0 Å². The Morgan fingerprint density at radius 2 is 1.75 bits per heavy atom. The van der Waals surface area contributed by atoms with Crippen molar-refractivity contribution >= 4 is 0 Å². The minimum atomic E-state index is 0.584. The monoisotopic (exact) mass is 272 g/mol. The van der Waals surface area contributed by atoms with Crippen molar-refractivity contribution in [2.24, 2.45) is 34.0 Å². The van der Waals surface area contributed by atoms with Crippen LogP contribution in [0.1, 0.15) is 78.6 Å². The van der Waals surface area contributed by atoms with E-state index < -0.39 is 0 Å². The van der Waals surface area contributed by atoms with Crippen molar-refractivity contribution in [2.45, 2.75) is 78.6 Å². The second-order valence-corrected chi connectivity index (χ2v) is 9.67. The summed E-state index contributed by atoms with van der Waals surface area (Å²) in [5.41, 5.74) is 3.51. The van der Waals surface area contributed by atoms with Gasteiger partial charge in [-0.15, -0.1) is 0 Å². The van der Waals surface area contributed by atoms with Gasteiger partial charge < -0.3 is 0 Å². The van der Waals surface area contributed by atoms with Crippen molar-refractivity contribution in [1.82, 2.24) is 0 Å². The van der Waals surface area contributed by atoms with E-state index in [1.165, 1.54) is 57.8 Å². The first-order valence-corrected chi connectivity index (χ1v) is 9.05. The summed E-state index contributed by atoms with van der Waals surface area (Å²) in [6, 6.07) is 0. The Bertz CT molecular complexity index is 445. The first-order chi connectivity index (χ1) is 9.37. The predicted octanol–water partition coefficient (Wildman–Crippen LogP) is 5.98. The van der Waals surface area contributed by atoms with Crippen LogP contribution in [-0.4, -0.2) is 0 Å². The number of rotatable bonds is 0. The largest absolute Gasteiger partial charge is 0.0996 e. The fourth-order valence-corrected chi connectivity index (χ4v) is 7.68. The molecule has 0 heteroatoms. The Kier molecular flexibility index (Phi) is 2.63. The highest BCUT2D eigenvalue weighted by Crippen LogP contribution is 2.72. The van der Waals surface area contributed by atoms with Crippen LogP contribution in [0.5, 0.6) is 0 Å². The number of hydrogen-bond acceptors (Lipinski definition) is 0. The van der Waals surface area contributed by atoms with Gasteiger partial charge in [-0.25, -0.2) is 0 Å². The molecule has 0 aromatic rings. The second kappa shape index (κ2) is 3.93. The summed E-state index contributed by atoms with van der Waals surface area (Å²) < 4.78 is 0. The first kappa shape index (κ1) is 13.4. The van der Waals surface area contributed by atoms with Gasteiger partial charge in [-0.05, 0) is 85.4 Å². The maximum atomic E-state index is 4.44. The lowest BCUT2D eigenvalue weighted by molar-refractivity contribution is -0.144. The van der Waals surface area contributed by atoms with Crippen LogP contribution in [0.15, 0.2) is 12.2 Å². The van der Waals surface area contributed by atoms with Crippen LogP contribution >= 0.6 is 0 Å². The van der Waals surface area contributed by atoms with Crippen molar-refractivity contribution in [3.63, 3.8) is 0 Å². The van der Waals surface area contributed by atoms with Gasteiger partial charge in [-0.2, -0.15) is 0 Å². The zero-order chi connectivity index (χ0) is 14.2.